The molecule has 19 heavy (non-hydrogen) atoms. The Morgan fingerprint density at radius 2 is 2.05 bits per heavy atom. The van der Waals surface area contributed by atoms with Crippen LogP contribution in [0.15, 0.2) is 36.0 Å². The maximum Gasteiger partial charge on any atom is 0.334 e. The first-order chi connectivity index (χ1) is 8.90. The Morgan fingerprint density at radius 1 is 1.37 bits per heavy atom. The van der Waals surface area contributed by atoms with E-state index in [2.05, 4.69) is 13.2 Å². The van der Waals surface area contributed by atoms with Crippen LogP contribution in [0.1, 0.15) is 26.2 Å². The minimum atomic E-state index is -0.925. The largest absolute Gasteiger partial charge is 0.454 e. The smallest absolute Gasteiger partial charge is 0.334 e. The lowest BCUT2D eigenvalue weighted by Gasteiger charge is -2.24. The first kappa shape index (κ1) is 14.0. The van der Waals surface area contributed by atoms with Crippen LogP contribution in [0.3, 0.4) is 0 Å². The Hall–Kier alpha value is -1.39. The van der Waals surface area contributed by atoms with E-state index in [1.54, 1.807) is 0 Å². The summed E-state index contributed by atoms with van der Waals surface area (Å²) >= 11 is 0. The second-order valence-corrected chi connectivity index (χ2v) is 5.43. The predicted octanol–water partition coefficient (Wildman–Crippen LogP) is 1.49. The Morgan fingerprint density at radius 3 is 2.74 bits per heavy atom. The average molecular weight is 264 g/mol. The molecule has 1 aliphatic heterocycles. The highest BCUT2D eigenvalue weighted by Crippen LogP contribution is 2.34. The summed E-state index contributed by atoms with van der Waals surface area (Å²) in [4.78, 5) is 11.6. The number of esters is 1. The summed E-state index contributed by atoms with van der Waals surface area (Å²) in [5.74, 6) is -0.424. The normalized spacial score (nSPS) is 39.3. The van der Waals surface area contributed by atoms with E-state index in [0.29, 0.717) is 30.4 Å². The molecule has 4 atom stereocenters. The van der Waals surface area contributed by atoms with Gasteiger partial charge in [-0.3, -0.25) is 0 Å². The predicted molar refractivity (Wildman–Crippen MR) is 71.3 cm³/mol. The van der Waals surface area contributed by atoms with Crippen molar-refractivity contribution in [1.82, 2.24) is 0 Å². The maximum atomic E-state index is 11.6. The van der Waals surface area contributed by atoms with Crippen LogP contribution in [-0.4, -0.2) is 34.5 Å². The Bertz CT molecular complexity index is 449. The summed E-state index contributed by atoms with van der Waals surface area (Å²) in [5.41, 5.74) is 1.96. The fraction of sp³-hybridized carbons (Fsp3) is 0.533. The van der Waals surface area contributed by atoms with Crippen LogP contribution in [0.25, 0.3) is 0 Å². The van der Waals surface area contributed by atoms with Gasteiger partial charge < -0.3 is 14.9 Å². The zero-order valence-corrected chi connectivity index (χ0v) is 11.1. The third-order valence-electron chi connectivity index (χ3n) is 3.89. The summed E-state index contributed by atoms with van der Waals surface area (Å²) < 4.78 is 5.29. The number of hydrogen-bond donors (Lipinski definition) is 2. The monoisotopic (exact) mass is 264 g/mol. The minimum absolute atomic E-state index is 0.0679. The van der Waals surface area contributed by atoms with Gasteiger partial charge in [0.1, 0.15) is 12.2 Å². The molecular weight excluding hydrogens is 244 g/mol. The van der Waals surface area contributed by atoms with Gasteiger partial charge in [0.05, 0.1) is 6.10 Å². The number of aliphatic hydroxyl groups is 2. The SMILES string of the molecule is C=C1CC[C@H]2C(=C)C(=O)O[C@@H]2/C=C(\C)C[C@H](O)[C@@H]1O. The molecule has 0 aromatic carbocycles. The van der Waals surface area contributed by atoms with Crippen molar-refractivity contribution >= 4 is 5.97 Å². The van der Waals surface area contributed by atoms with E-state index in [1.807, 2.05) is 13.0 Å². The highest BCUT2D eigenvalue weighted by molar-refractivity contribution is 5.91. The lowest BCUT2D eigenvalue weighted by atomic mass is 9.85. The minimum Gasteiger partial charge on any atom is -0.454 e. The van der Waals surface area contributed by atoms with Crippen molar-refractivity contribution in [3.63, 3.8) is 0 Å². The number of hydrogen-bond acceptors (Lipinski definition) is 4. The molecular formula is C15H20O4. The number of carbonyl (C=O) groups excluding carboxylic acids is 1. The van der Waals surface area contributed by atoms with Gasteiger partial charge in [-0.2, -0.15) is 0 Å². The Balaban J connectivity index is 2.28. The lowest BCUT2D eigenvalue weighted by Crippen LogP contribution is -2.29. The van der Waals surface area contributed by atoms with E-state index >= 15 is 0 Å². The van der Waals surface area contributed by atoms with Gasteiger partial charge >= 0.3 is 5.97 Å². The van der Waals surface area contributed by atoms with E-state index in [1.165, 1.54) is 0 Å². The van der Waals surface area contributed by atoms with Crippen molar-refractivity contribution in [2.45, 2.75) is 44.5 Å². The van der Waals surface area contributed by atoms with Gasteiger partial charge in [-0.15, -0.1) is 0 Å². The molecule has 2 aliphatic rings. The van der Waals surface area contributed by atoms with Crippen molar-refractivity contribution in [1.29, 1.82) is 0 Å². The van der Waals surface area contributed by atoms with Crippen LogP contribution < -0.4 is 0 Å². The molecule has 104 valence electrons. The van der Waals surface area contributed by atoms with Crippen LogP contribution in [-0.2, 0) is 9.53 Å². The number of fused-ring (bicyclic) bond motifs is 1. The molecule has 0 aromatic rings. The molecule has 0 saturated carbocycles. The standard InChI is InChI=1S/C15H20O4/c1-8-6-12(16)14(17)9(2)4-5-11-10(3)15(18)19-13(11)7-8/h7,11-14,16-17H,2-6H2,1H3/b8-7+/t11-,12-,13+,14+/m0/s1. The Kier molecular flexibility index (Phi) is 3.92. The fourth-order valence-electron chi connectivity index (χ4n) is 2.67. The van der Waals surface area contributed by atoms with Gasteiger partial charge in [-0.05, 0) is 37.8 Å². The van der Waals surface area contributed by atoms with Crippen LogP contribution in [0, 0.1) is 5.92 Å². The molecule has 0 aromatic heterocycles. The molecule has 0 radical (unpaired) electrons. The topological polar surface area (TPSA) is 66.8 Å². The molecule has 1 aliphatic carbocycles. The molecule has 0 spiro atoms. The van der Waals surface area contributed by atoms with Crippen molar-refractivity contribution in [2.75, 3.05) is 0 Å². The van der Waals surface area contributed by atoms with Crippen molar-refractivity contribution < 1.29 is 19.7 Å². The van der Waals surface area contributed by atoms with E-state index in [-0.39, 0.29) is 18.0 Å². The van der Waals surface area contributed by atoms with Gasteiger partial charge in [-0.1, -0.05) is 18.7 Å². The van der Waals surface area contributed by atoms with Gasteiger partial charge in [0.25, 0.3) is 0 Å². The number of ether oxygens (including phenoxy) is 1. The van der Waals surface area contributed by atoms with Crippen LogP contribution in [0.2, 0.25) is 0 Å². The average Bonchev–Trinajstić information content (AvgIpc) is 2.60. The second-order valence-electron chi connectivity index (χ2n) is 5.43. The third-order valence-corrected chi connectivity index (χ3v) is 3.89. The van der Waals surface area contributed by atoms with Crippen LogP contribution >= 0.6 is 0 Å². The summed E-state index contributed by atoms with van der Waals surface area (Å²) in [6.07, 6.45) is 1.28. The highest BCUT2D eigenvalue weighted by Gasteiger charge is 2.38. The molecule has 2 rings (SSSR count). The first-order valence-electron chi connectivity index (χ1n) is 6.51. The first-order valence-corrected chi connectivity index (χ1v) is 6.51. The molecule has 0 bridgehead atoms. The molecule has 0 amide bonds. The van der Waals surface area contributed by atoms with Crippen LogP contribution in [0.5, 0.6) is 0 Å². The third kappa shape index (κ3) is 2.80. The second kappa shape index (κ2) is 5.31. The highest BCUT2D eigenvalue weighted by atomic mass is 16.5. The molecule has 4 nitrogen and oxygen atoms in total. The molecule has 4 heteroatoms. The molecule has 2 N–H and O–H groups in total. The van der Waals surface area contributed by atoms with E-state index in [4.69, 9.17) is 4.74 Å². The molecule has 1 heterocycles. The van der Waals surface area contributed by atoms with Crippen molar-refractivity contribution in [2.24, 2.45) is 5.92 Å². The van der Waals surface area contributed by atoms with Gasteiger partial charge in [0.15, 0.2) is 0 Å². The fourth-order valence-corrected chi connectivity index (χ4v) is 2.67. The maximum absolute atomic E-state index is 11.6. The summed E-state index contributed by atoms with van der Waals surface area (Å²) in [6.45, 7) is 9.46. The zero-order valence-electron chi connectivity index (χ0n) is 11.1. The number of carbonyl (C=O) groups is 1. The van der Waals surface area contributed by atoms with Crippen molar-refractivity contribution in [3.8, 4) is 0 Å². The van der Waals surface area contributed by atoms with E-state index < -0.39 is 12.2 Å². The van der Waals surface area contributed by atoms with Crippen LogP contribution in [0.4, 0.5) is 0 Å². The molecule has 0 unspecified atom stereocenters. The van der Waals surface area contributed by atoms with Gasteiger partial charge in [0, 0.05) is 11.5 Å². The van der Waals surface area contributed by atoms with Gasteiger partial charge in [0.2, 0.25) is 0 Å². The number of rotatable bonds is 0. The quantitative estimate of drug-likeness (QED) is 0.395. The lowest BCUT2D eigenvalue weighted by molar-refractivity contribution is -0.137. The molecule has 1 saturated heterocycles. The van der Waals surface area contributed by atoms with Gasteiger partial charge in [-0.25, -0.2) is 4.79 Å². The Labute approximate surface area is 113 Å². The van der Waals surface area contributed by atoms with E-state index in [9.17, 15) is 15.0 Å². The summed E-state index contributed by atoms with van der Waals surface area (Å²) in [5, 5.41) is 19.9. The van der Waals surface area contributed by atoms with E-state index in [0.717, 1.165) is 5.57 Å². The number of aliphatic hydroxyl groups excluding tert-OH is 2. The molecule has 1 fully saturated rings. The summed E-state index contributed by atoms with van der Waals surface area (Å²) in [7, 11) is 0. The van der Waals surface area contributed by atoms with Crippen molar-refractivity contribution in [3.05, 3.63) is 36.0 Å². The summed E-state index contributed by atoms with van der Waals surface area (Å²) in [6, 6.07) is 0. The zero-order chi connectivity index (χ0) is 14.2.